The minimum Gasteiger partial charge on any atom is -0.343 e. The normalized spacial score (nSPS) is 22.3. The summed E-state index contributed by atoms with van der Waals surface area (Å²) in [5, 5.41) is 2.84. The van der Waals surface area contributed by atoms with Gasteiger partial charge in [0.25, 0.3) is 0 Å². The topological polar surface area (TPSA) is 62.3 Å². The molecular weight excluding hydrogens is 266 g/mol. The fourth-order valence-corrected chi connectivity index (χ4v) is 2.77. The zero-order chi connectivity index (χ0) is 15.4. The van der Waals surface area contributed by atoms with Crippen LogP contribution >= 0.6 is 0 Å². The third-order valence-corrected chi connectivity index (χ3v) is 3.82. The molecule has 114 valence electrons. The van der Waals surface area contributed by atoms with Crippen LogP contribution < -0.4 is 5.32 Å². The lowest BCUT2D eigenvalue weighted by Gasteiger charge is -2.38. The largest absolute Gasteiger partial charge is 0.343 e. The van der Waals surface area contributed by atoms with Gasteiger partial charge in [-0.15, -0.1) is 0 Å². The van der Waals surface area contributed by atoms with Crippen molar-refractivity contribution in [3.63, 3.8) is 0 Å². The van der Waals surface area contributed by atoms with Crippen LogP contribution in [-0.4, -0.2) is 33.8 Å². The molecule has 1 fully saturated rings. The van der Waals surface area contributed by atoms with Gasteiger partial charge in [0.15, 0.2) is 0 Å². The molecule has 1 aromatic heterocycles. The van der Waals surface area contributed by atoms with E-state index in [0.29, 0.717) is 19.4 Å². The van der Waals surface area contributed by atoms with E-state index in [4.69, 9.17) is 0 Å². The van der Waals surface area contributed by atoms with Crippen molar-refractivity contribution in [1.29, 1.82) is 0 Å². The fraction of sp³-hybridized carbons (Fsp3) is 0.562. The number of carbonyl (C=O) groups is 2. The fourth-order valence-electron chi connectivity index (χ4n) is 2.77. The number of nitrogens with one attached hydrogen (secondary N) is 1. The van der Waals surface area contributed by atoms with Gasteiger partial charge < -0.3 is 10.2 Å². The number of nitrogens with zero attached hydrogens (tertiary/aromatic N) is 2. The Bertz CT molecular complexity index is 530. The average molecular weight is 289 g/mol. The number of piperazine rings is 1. The minimum atomic E-state index is -0.395. The number of pyridine rings is 1. The molecule has 2 heterocycles. The molecule has 5 nitrogen and oxygen atoms in total. The van der Waals surface area contributed by atoms with E-state index in [0.717, 1.165) is 17.8 Å². The van der Waals surface area contributed by atoms with Crippen LogP contribution in [0.25, 0.3) is 0 Å². The highest BCUT2D eigenvalue weighted by Crippen LogP contribution is 2.18. The number of hydrogen-bond acceptors (Lipinski definition) is 3. The van der Waals surface area contributed by atoms with E-state index < -0.39 is 12.1 Å². The van der Waals surface area contributed by atoms with E-state index in [9.17, 15) is 9.59 Å². The van der Waals surface area contributed by atoms with E-state index >= 15 is 0 Å². The van der Waals surface area contributed by atoms with Crippen LogP contribution in [0.1, 0.15) is 44.5 Å². The molecule has 2 unspecified atom stereocenters. The molecule has 0 spiro atoms. The maximum absolute atomic E-state index is 12.6. The molecule has 0 aliphatic carbocycles. The van der Waals surface area contributed by atoms with Crippen molar-refractivity contribution >= 4 is 11.8 Å². The number of aromatic nitrogens is 1. The molecular formula is C16H23N3O2. The zero-order valence-electron chi connectivity index (χ0n) is 12.9. The summed E-state index contributed by atoms with van der Waals surface area (Å²) in [6, 6.07) is 4.96. The van der Waals surface area contributed by atoms with Crippen LogP contribution in [0.5, 0.6) is 0 Å². The van der Waals surface area contributed by atoms with Crippen molar-refractivity contribution in [1.82, 2.24) is 15.2 Å². The number of rotatable bonds is 5. The van der Waals surface area contributed by atoms with Gasteiger partial charge in [-0.05, 0) is 31.9 Å². The minimum absolute atomic E-state index is 0.00612. The SMILES string of the molecule is CCCC1NC(=O)C(CC)N(Cc2cccc(C)n2)C1=O. The van der Waals surface area contributed by atoms with Crippen LogP contribution in [0, 0.1) is 6.92 Å². The second-order valence-corrected chi connectivity index (χ2v) is 5.51. The van der Waals surface area contributed by atoms with Gasteiger partial charge in [-0.3, -0.25) is 14.6 Å². The summed E-state index contributed by atoms with van der Waals surface area (Å²) in [5.41, 5.74) is 1.74. The van der Waals surface area contributed by atoms with E-state index in [1.165, 1.54) is 0 Å². The first-order valence-corrected chi connectivity index (χ1v) is 7.60. The van der Waals surface area contributed by atoms with Gasteiger partial charge in [-0.25, -0.2) is 0 Å². The van der Waals surface area contributed by atoms with Crippen LogP contribution in [0.4, 0.5) is 0 Å². The average Bonchev–Trinajstić information content (AvgIpc) is 2.45. The monoisotopic (exact) mass is 289 g/mol. The summed E-state index contributed by atoms with van der Waals surface area (Å²) in [4.78, 5) is 30.9. The smallest absolute Gasteiger partial charge is 0.246 e. The van der Waals surface area contributed by atoms with Crippen molar-refractivity contribution in [3.05, 3.63) is 29.6 Å². The third-order valence-electron chi connectivity index (χ3n) is 3.82. The van der Waals surface area contributed by atoms with Crippen LogP contribution in [0.3, 0.4) is 0 Å². The molecule has 1 aliphatic heterocycles. The molecule has 1 aliphatic rings. The van der Waals surface area contributed by atoms with Gasteiger partial charge in [0.05, 0.1) is 12.2 Å². The molecule has 0 bridgehead atoms. The third kappa shape index (κ3) is 3.40. The standard InChI is InChI=1S/C16H23N3O2/c1-4-7-13-16(21)19(14(5-2)15(20)18-13)10-12-9-6-8-11(3)17-12/h6,8-9,13-14H,4-5,7,10H2,1-3H3,(H,18,20). The first-order valence-electron chi connectivity index (χ1n) is 7.60. The van der Waals surface area contributed by atoms with Crippen LogP contribution in [0.2, 0.25) is 0 Å². The predicted molar refractivity (Wildman–Crippen MR) is 80.4 cm³/mol. The highest BCUT2D eigenvalue weighted by atomic mass is 16.2. The van der Waals surface area contributed by atoms with Gasteiger partial charge in [0.2, 0.25) is 11.8 Å². The molecule has 5 heteroatoms. The van der Waals surface area contributed by atoms with E-state index in [2.05, 4.69) is 10.3 Å². The molecule has 0 saturated carbocycles. The van der Waals surface area contributed by atoms with E-state index in [1.54, 1.807) is 4.90 Å². The van der Waals surface area contributed by atoms with Crippen LogP contribution in [-0.2, 0) is 16.1 Å². The molecule has 1 saturated heterocycles. The Labute approximate surface area is 125 Å². The molecule has 2 rings (SSSR count). The molecule has 0 radical (unpaired) electrons. The Morgan fingerprint density at radius 1 is 1.29 bits per heavy atom. The van der Waals surface area contributed by atoms with Crippen molar-refractivity contribution < 1.29 is 9.59 Å². The summed E-state index contributed by atoms with van der Waals surface area (Å²) >= 11 is 0. The highest BCUT2D eigenvalue weighted by Gasteiger charge is 2.39. The second-order valence-electron chi connectivity index (χ2n) is 5.51. The number of hydrogen-bond donors (Lipinski definition) is 1. The lowest BCUT2D eigenvalue weighted by molar-refractivity contribution is -0.150. The Morgan fingerprint density at radius 3 is 2.67 bits per heavy atom. The highest BCUT2D eigenvalue weighted by molar-refractivity contribution is 5.96. The van der Waals surface area contributed by atoms with Gasteiger partial charge in [-0.1, -0.05) is 26.3 Å². The van der Waals surface area contributed by atoms with Crippen molar-refractivity contribution in [3.8, 4) is 0 Å². The summed E-state index contributed by atoms with van der Waals surface area (Å²) in [5.74, 6) is -0.0465. The molecule has 0 aromatic carbocycles. The Morgan fingerprint density at radius 2 is 2.05 bits per heavy atom. The lowest BCUT2D eigenvalue weighted by Crippen LogP contribution is -2.62. The van der Waals surface area contributed by atoms with Crippen molar-refractivity contribution in [2.75, 3.05) is 0 Å². The Kier molecular flexibility index (Phi) is 4.94. The number of aryl methyl sites for hydroxylation is 1. The second kappa shape index (κ2) is 6.70. The molecule has 1 aromatic rings. The maximum atomic E-state index is 12.6. The summed E-state index contributed by atoms with van der Waals surface area (Å²) in [7, 11) is 0. The summed E-state index contributed by atoms with van der Waals surface area (Å²) in [6.45, 7) is 6.25. The van der Waals surface area contributed by atoms with Crippen molar-refractivity contribution in [2.24, 2.45) is 0 Å². The first-order chi connectivity index (χ1) is 10.1. The first kappa shape index (κ1) is 15.5. The molecule has 1 N–H and O–H groups in total. The Balaban J connectivity index is 2.23. The molecule has 2 atom stereocenters. The van der Waals surface area contributed by atoms with Gasteiger partial charge >= 0.3 is 0 Å². The lowest BCUT2D eigenvalue weighted by atomic mass is 10.0. The zero-order valence-corrected chi connectivity index (χ0v) is 12.9. The molecule has 21 heavy (non-hydrogen) atoms. The van der Waals surface area contributed by atoms with Crippen molar-refractivity contribution in [2.45, 2.75) is 58.7 Å². The number of amides is 2. The van der Waals surface area contributed by atoms with E-state index in [1.807, 2.05) is 39.0 Å². The predicted octanol–water partition coefficient (Wildman–Crippen LogP) is 1.80. The summed E-state index contributed by atoms with van der Waals surface area (Å²) < 4.78 is 0. The van der Waals surface area contributed by atoms with E-state index in [-0.39, 0.29) is 11.8 Å². The van der Waals surface area contributed by atoms with Gasteiger partial charge in [0, 0.05) is 5.69 Å². The van der Waals surface area contributed by atoms with Gasteiger partial charge in [0.1, 0.15) is 12.1 Å². The number of carbonyl (C=O) groups excluding carboxylic acids is 2. The Hall–Kier alpha value is -1.91. The van der Waals surface area contributed by atoms with Gasteiger partial charge in [-0.2, -0.15) is 0 Å². The quantitative estimate of drug-likeness (QED) is 0.899. The van der Waals surface area contributed by atoms with Crippen LogP contribution in [0.15, 0.2) is 18.2 Å². The summed E-state index contributed by atoms with van der Waals surface area (Å²) in [6.07, 6.45) is 2.16. The maximum Gasteiger partial charge on any atom is 0.246 e. The molecule has 2 amide bonds.